The SMILES string of the molecule is O=C(C1CN(C(=O)c2cnn(-c3ccccc3)n2)c2ccccc2O1)N1CCOCC1. The number of fused-ring (bicyclic) bond motifs is 1. The van der Waals surface area contributed by atoms with Gasteiger partial charge in [-0.1, -0.05) is 30.3 Å². The van der Waals surface area contributed by atoms with Gasteiger partial charge in [0.1, 0.15) is 5.75 Å². The van der Waals surface area contributed by atoms with Crippen molar-refractivity contribution < 1.29 is 19.1 Å². The van der Waals surface area contributed by atoms with Gasteiger partial charge in [-0.05, 0) is 24.3 Å². The number of para-hydroxylation sites is 3. The molecule has 2 amide bonds. The van der Waals surface area contributed by atoms with Crippen molar-refractivity contribution in [2.75, 3.05) is 37.7 Å². The molecule has 0 saturated carbocycles. The lowest BCUT2D eigenvalue weighted by atomic mass is 10.1. The Morgan fingerprint density at radius 2 is 1.71 bits per heavy atom. The van der Waals surface area contributed by atoms with Gasteiger partial charge in [0.05, 0.1) is 37.3 Å². The molecule has 0 spiro atoms. The third-order valence-corrected chi connectivity index (χ3v) is 5.32. The maximum absolute atomic E-state index is 13.4. The van der Waals surface area contributed by atoms with Gasteiger partial charge in [-0.15, -0.1) is 5.10 Å². The van der Waals surface area contributed by atoms with E-state index in [0.29, 0.717) is 37.7 Å². The normalized spacial score (nSPS) is 18.3. The summed E-state index contributed by atoms with van der Waals surface area (Å²) in [7, 11) is 0. The van der Waals surface area contributed by atoms with Crippen LogP contribution in [-0.4, -0.2) is 70.7 Å². The number of aromatic nitrogens is 3. The maximum atomic E-state index is 13.4. The third kappa shape index (κ3) is 3.75. The molecule has 2 aromatic carbocycles. The average molecular weight is 419 g/mol. The number of benzene rings is 2. The standard InChI is InChI=1S/C22H21N5O4/c28-21(17-14-23-27(24-17)16-6-2-1-3-7-16)26-15-20(22(29)25-10-12-30-13-11-25)31-19-9-5-4-8-18(19)26/h1-9,14,20H,10-13,15H2. The van der Waals surface area contributed by atoms with Crippen molar-refractivity contribution in [2.45, 2.75) is 6.10 Å². The molecule has 0 radical (unpaired) electrons. The number of hydrogen-bond acceptors (Lipinski definition) is 6. The highest BCUT2D eigenvalue weighted by molar-refractivity contribution is 6.06. The Labute approximate surface area is 178 Å². The molecule has 3 aromatic rings. The van der Waals surface area contributed by atoms with Gasteiger partial charge in [0, 0.05) is 13.1 Å². The van der Waals surface area contributed by atoms with Gasteiger partial charge in [0.2, 0.25) is 0 Å². The van der Waals surface area contributed by atoms with Crippen LogP contribution in [0.15, 0.2) is 60.8 Å². The minimum absolute atomic E-state index is 0.101. The molecule has 1 saturated heterocycles. The molecule has 3 heterocycles. The molecule has 1 atom stereocenters. The van der Waals surface area contributed by atoms with Crippen LogP contribution in [0.1, 0.15) is 10.5 Å². The van der Waals surface area contributed by atoms with Crippen molar-refractivity contribution in [2.24, 2.45) is 0 Å². The minimum atomic E-state index is -0.791. The van der Waals surface area contributed by atoms with E-state index in [9.17, 15) is 9.59 Å². The van der Waals surface area contributed by atoms with Crippen molar-refractivity contribution in [1.82, 2.24) is 19.9 Å². The number of anilines is 1. The Kier molecular flexibility index (Phi) is 5.09. The molecular weight excluding hydrogens is 398 g/mol. The summed E-state index contributed by atoms with van der Waals surface area (Å²) < 4.78 is 11.3. The Morgan fingerprint density at radius 1 is 0.968 bits per heavy atom. The van der Waals surface area contributed by atoms with E-state index in [2.05, 4.69) is 10.2 Å². The zero-order valence-corrected chi connectivity index (χ0v) is 16.8. The summed E-state index contributed by atoms with van der Waals surface area (Å²) >= 11 is 0. The zero-order chi connectivity index (χ0) is 21.2. The van der Waals surface area contributed by atoms with E-state index in [4.69, 9.17) is 9.47 Å². The fourth-order valence-corrected chi connectivity index (χ4v) is 3.73. The largest absolute Gasteiger partial charge is 0.476 e. The van der Waals surface area contributed by atoms with Gasteiger partial charge < -0.3 is 14.4 Å². The summed E-state index contributed by atoms with van der Waals surface area (Å²) in [6.45, 7) is 2.13. The highest BCUT2D eigenvalue weighted by Gasteiger charge is 2.37. The van der Waals surface area contributed by atoms with E-state index in [1.165, 1.54) is 11.0 Å². The lowest BCUT2D eigenvalue weighted by Gasteiger charge is -2.37. The summed E-state index contributed by atoms with van der Waals surface area (Å²) in [4.78, 5) is 31.1. The summed E-state index contributed by atoms with van der Waals surface area (Å²) in [6, 6.07) is 16.6. The van der Waals surface area contributed by atoms with Crippen molar-refractivity contribution in [3.05, 3.63) is 66.5 Å². The molecule has 2 aliphatic rings. The number of ether oxygens (including phenoxy) is 2. The van der Waals surface area contributed by atoms with Gasteiger partial charge >= 0.3 is 0 Å². The summed E-state index contributed by atoms with van der Waals surface area (Å²) in [5.74, 6) is 0.00501. The zero-order valence-electron chi connectivity index (χ0n) is 16.8. The van der Waals surface area contributed by atoms with E-state index in [1.807, 2.05) is 42.5 Å². The van der Waals surface area contributed by atoms with Crippen LogP contribution < -0.4 is 9.64 Å². The maximum Gasteiger partial charge on any atom is 0.280 e. The van der Waals surface area contributed by atoms with E-state index in [-0.39, 0.29) is 24.1 Å². The second kappa shape index (κ2) is 8.19. The average Bonchev–Trinajstić information content (AvgIpc) is 3.34. The molecule has 31 heavy (non-hydrogen) atoms. The third-order valence-electron chi connectivity index (χ3n) is 5.32. The highest BCUT2D eigenvalue weighted by Crippen LogP contribution is 2.34. The number of nitrogens with zero attached hydrogens (tertiary/aromatic N) is 5. The molecule has 9 heteroatoms. The molecule has 158 valence electrons. The predicted octanol–water partition coefficient (Wildman–Crippen LogP) is 1.53. The van der Waals surface area contributed by atoms with Gasteiger partial charge in [0.15, 0.2) is 11.8 Å². The van der Waals surface area contributed by atoms with E-state index < -0.39 is 6.10 Å². The van der Waals surface area contributed by atoms with Gasteiger partial charge in [-0.2, -0.15) is 9.90 Å². The topological polar surface area (TPSA) is 89.8 Å². The van der Waals surface area contributed by atoms with Crippen LogP contribution in [0.5, 0.6) is 5.75 Å². The van der Waals surface area contributed by atoms with E-state index >= 15 is 0 Å². The van der Waals surface area contributed by atoms with Crippen LogP contribution in [0, 0.1) is 0 Å². The van der Waals surface area contributed by atoms with E-state index in [1.54, 1.807) is 21.9 Å². The first-order valence-corrected chi connectivity index (χ1v) is 10.1. The molecule has 5 rings (SSSR count). The van der Waals surface area contributed by atoms with Crippen LogP contribution in [0.4, 0.5) is 5.69 Å². The van der Waals surface area contributed by atoms with Crippen molar-refractivity contribution in [3.63, 3.8) is 0 Å². The Morgan fingerprint density at radius 3 is 2.52 bits per heavy atom. The van der Waals surface area contributed by atoms with Gasteiger partial charge in [0.25, 0.3) is 11.8 Å². The fourth-order valence-electron chi connectivity index (χ4n) is 3.73. The van der Waals surface area contributed by atoms with Crippen LogP contribution >= 0.6 is 0 Å². The Hall–Kier alpha value is -3.72. The van der Waals surface area contributed by atoms with Crippen molar-refractivity contribution in [1.29, 1.82) is 0 Å². The smallest absolute Gasteiger partial charge is 0.280 e. The van der Waals surface area contributed by atoms with Gasteiger partial charge in [-0.25, -0.2) is 0 Å². The Balaban J connectivity index is 1.42. The molecule has 2 aliphatic heterocycles. The molecule has 0 N–H and O–H groups in total. The number of rotatable bonds is 3. The second-order valence-electron chi connectivity index (χ2n) is 7.28. The lowest BCUT2D eigenvalue weighted by Crippen LogP contribution is -2.54. The number of carbonyl (C=O) groups excluding carboxylic acids is 2. The van der Waals surface area contributed by atoms with Crippen LogP contribution in [0.25, 0.3) is 5.69 Å². The van der Waals surface area contributed by atoms with E-state index in [0.717, 1.165) is 5.69 Å². The molecule has 1 aromatic heterocycles. The minimum Gasteiger partial charge on any atom is -0.476 e. The molecule has 0 aliphatic carbocycles. The van der Waals surface area contributed by atoms with Crippen molar-refractivity contribution >= 4 is 17.5 Å². The summed E-state index contributed by atoms with van der Waals surface area (Å²) in [5, 5.41) is 8.57. The molecule has 9 nitrogen and oxygen atoms in total. The Bertz CT molecular complexity index is 1090. The summed E-state index contributed by atoms with van der Waals surface area (Å²) in [5.41, 5.74) is 1.55. The second-order valence-corrected chi connectivity index (χ2v) is 7.28. The number of hydrogen-bond donors (Lipinski definition) is 0. The predicted molar refractivity (Wildman–Crippen MR) is 111 cm³/mol. The van der Waals surface area contributed by atoms with Crippen LogP contribution in [0.3, 0.4) is 0 Å². The first kappa shape index (κ1) is 19.3. The van der Waals surface area contributed by atoms with Crippen LogP contribution in [0.2, 0.25) is 0 Å². The number of morpholine rings is 1. The highest BCUT2D eigenvalue weighted by atomic mass is 16.5. The first-order valence-electron chi connectivity index (χ1n) is 10.1. The lowest BCUT2D eigenvalue weighted by molar-refractivity contribution is -0.142. The van der Waals surface area contributed by atoms with Crippen molar-refractivity contribution in [3.8, 4) is 11.4 Å². The number of amides is 2. The molecular formula is C22H21N5O4. The molecule has 1 unspecified atom stereocenters. The molecule has 0 bridgehead atoms. The first-order chi connectivity index (χ1) is 15.2. The fraction of sp³-hybridized carbons (Fsp3) is 0.273. The summed E-state index contributed by atoms with van der Waals surface area (Å²) in [6.07, 6.45) is 0.646. The van der Waals surface area contributed by atoms with Gasteiger partial charge in [-0.3, -0.25) is 14.5 Å². The van der Waals surface area contributed by atoms with Crippen LogP contribution in [-0.2, 0) is 9.53 Å². The quantitative estimate of drug-likeness (QED) is 0.640. The monoisotopic (exact) mass is 419 g/mol. The number of carbonyl (C=O) groups is 2. The molecule has 1 fully saturated rings.